The lowest BCUT2D eigenvalue weighted by atomic mass is 10.1. The Kier molecular flexibility index (Phi) is 14.5. The van der Waals surface area contributed by atoms with E-state index in [2.05, 4.69) is 5.32 Å². The Balaban J connectivity index is 1.30. The Labute approximate surface area is 318 Å². The highest BCUT2D eigenvalue weighted by Gasteiger charge is 2.50. The first-order valence-electron chi connectivity index (χ1n) is 17.6. The monoisotopic (exact) mass is 777 g/mol. The summed E-state index contributed by atoms with van der Waals surface area (Å²) in [7, 11) is -4.63. The van der Waals surface area contributed by atoms with Crippen LogP contribution in [-0.4, -0.2) is 34.3 Å². The van der Waals surface area contributed by atoms with Crippen LogP contribution in [0.1, 0.15) is 46.2 Å². The lowest BCUT2D eigenvalue weighted by Gasteiger charge is -2.38. The van der Waals surface area contributed by atoms with Crippen LogP contribution >= 0.6 is 7.37 Å². The molecule has 0 bridgehead atoms. The van der Waals surface area contributed by atoms with Gasteiger partial charge in [-0.25, -0.2) is 4.79 Å². The number of alkyl halides is 3. The first-order chi connectivity index (χ1) is 26.4. The Morgan fingerprint density at radius 2 is 1.16 bits per heavy atom. The molecule has 9 nitrogen and oxygen atoms in total. The van der Waals surface area contributed by atoms with Crippen molar-refractivity contribution in [3.63, 3.8) is 0 Å². The fourth-order valence-corrected chi connectivity index (χ4v) is 7.57. The number of hydrogen-bond acceptors (Lipinski definition) is 7. The third kappa shape index (κ3) is 12.4. The number of benzene rings is 5. The molecule has 0 radical (unpaired) electrons. The van der Waals surface area contributed by atoms with E-state index in [4.69, 9.17) is 18.9 Å². The van der Waals surface area contributed by atoms with Gasteiger partial charge in [0.25, 0.3) is 7.37 Å². The first kappa shape index (κ1) is 41.0. The molecule has 5 aromatic carbocycles. The van der Waals surface area contributed by atoms with Gasteiger partial charge in [0.05, 0.1) is 12.2 Å². The molecule has 0 heterocycles. The molecule has 2 unspecified atom stereocenters. The van der Waals surface area contributed by atoms with Crippen molar-refractivity contribution in [1.82, 2.24) is 5.32 Å². The van der Waals surface area contributed by atoms with Crippen LogP contribution in [-0.2, 0) is 53.1 Å². The van der Waals surface area contributed by atoms with Crippen molar-refractivity contribution < 1.29 is 51.5 Å². The van der Waals surface area contributed by atoms with Crippen LogP contribution in [0, 0.1) is 0 Å². The molecule has 0 fully saturated rings. The zero-order valence-corrected chi connectivity index (χ0v) is 30.9. The Morgan fingerprint density at radius 1 is 0.655 bits per heavy atom. The molecule has 1 amide bonds. The van der Waals surface area contributed by atoms with E-state index in [1.807, 2.05) is 60.7 Å². The van der Waals surface area contributed by atoms with Gasteiger partial charge in [0.1, 0.15) is 31.3 Å². The lowest BCUT2D eigenvalue weighted by Crippen LogP contribution is -2.51. The van der Waals surface area contributed by atoms with Gasteiger partial charge in [0.2, 0.25) is 5.47 Å². The van der Waals surface area contributed by atoms with Crippen LogP contribution in [0.25, 0.3) is 0 Å². The maximum Gasteiger partial charge on any atom is 0.416 e. The van der Waals surface area contributed by atoms with Crippen LogP contribution in [0.3, 0.4) is 0 Å². The molecular weight excluding hydrogens is 734 g/mol. The number of carbonyl (C=O) groups excluding carboxylic acids is 1. The Hall–Kier alpha value is -5.13. The van der Waals surface area contributed by atoms with Crippen LogP contribution < -0.4 is 14.8 Å². The molecule has 3 N–H and O–H groups in total. The van der Waals surface area contributed by atoms with Crippen molar-refractivity contribution in [1.29, 1.82) is 0 Å². The predicted molar refractivity (Wildman–Crippen MR) is 201 cm³/mol. The van der Waals surface area contributed by atoms with Gasteiger partial charge in [-0.3, -0.25) is 9.88 Å². The second-order valence-electron chi connectivity index (χ2n) is 12.8. The maximum absolute atomic E-state index is 14.3. The zero-order valence-electron chi connectivity index (χ0n) is 30.0. The number of aryl methyl sites for hydroxylation is 1. The highest BCUT2D eigenvalue weighted by Crippen LogP contribution is 2.56. The van der Waals surface area contributed by atoms with Crippen LogP contribution in [0.4, 0.5) is 18.0 Å². The quantitative estimate of drug-likeness (QED) is 0.0561. The number of halogens is 3. The van der Waals surface area contributed by atoms with E-state index in [1.54, 1.807) is 48.5 Å². The van der Waals surface area contributed by atoms with Crippen molar-refractivity contribution in [3.05, 3.63) is 167 Å². The van der Waals surface area contributed by atoms with Gasteiger partial charge < -0.3 is 28.9 Å². The van der Waals surface area contributed by atoms with Gasteiger partial charge in [-0.2, -0.15) is 13.2 Å². The lowest BCUT2D eigenvalue weighted by molar-refractivity contribution is -0.137. The molecule has 0 aromatic heterocycles. The number of ether oxygens (including phenoxy) is 4. The number of alkyl carbamates (subject to hydrolysis) is 1. The predicted octanol–water partition coefficient (Wildman–Crippen LogP) is 9.25. The topological polar surface area (TPSA) is 124 Å². The van der Waals surface area contributed by atoms with E-state index >= 15 is 0 Å². The SMILES string of the molecule is O=C(NC(CCCO)(OCc1ccc(OCc2ccccc2)cc1)P(=O)(O)CCc1cccc(C(F)(F)F)c1)OCc1ccc(OCc2ccccc2)cc1. The van der Waals surface area contributed by atoms with Gasteiger partial charge in [-0.15, -0.1) is 0 Å². The maximum atomic E-state index is 14.3. The average molecular weight is 778 g/mol. The highest BCUT2D eigenvalue weighted by molar-refractivity contribution is 7.59. The van der Waals surface area contributed by atoms with E-state index in [9.17, 15) is 32.5 Å². The van der Waals surface area contributed by atoms with Crippen molar-refractivity contribution in [2.75, 3.05) is 12.8 Å². The van der Waals surface area contributed by atoms with Gasteiger partial charge >= 0.3 is 12.3 Å². The summed E-state index contributed by atoms with van der Waals surface area (Å²) in [4.78, 5) is 25.0. The van der Waals surface area contributed by atoms with Crippen LogP contribution in [0.15, 0.2) is 133 Å². The van der Waals surface area contributed by atoms with Gasteiger partial charge in [0, 0.05) is 19.2 Å². The minimum Gasteiger partial charge on any atom is -0.489 e. The third-order valence-corrected chi connectivity index (χ3v) is 11.1. The number of nitrogens with one attached hydrogen (secondary N) is 1. The van der Waals surface area contributed by atoms with E-state index in [0.29, 0.717) is 35.8 Å². The number of carbonyl (C=O) groups is 1. The van der Waals surface area contributed by atoms with Crippen molar-refractivity contribution in [2.45, 2.75) is 57.3 Å². The third-order valence-electron chi connectivity index (χ3n) is 8.68. The van der Waals surface area contributed by atoms with Crippen molar-refractivity contribution in [3.8, 4) is 11.5 Å². The van der Waals surface area contributed by atoms with E-state index in [1.165, 1.54) is 12.1 Å². The summed E-state index contributed by atoms with van der Waals surface area (Å²) in [5.41, 5.74) is 0.166. The molecule has 0 aliphatic carbocycles. The minimum absolute atomic E-state index is 0.0505. The summed E-state index contributed by atoms with van der Waals surface area (Å²) in [5.74, 6) is 1.18. The summed E-state index contributed by atoms with van der Waals surface area (Å²) < 4.78 is 77.8. The molecule has 0 aliphatic heterocycles. The molecule has 5 rings (SSSR count). The summed E-state index contributed by atoms with van der Waals surface area (Å²) in [6.45, 7) is -0.134. The van der Waals surface area contributed by atoms with Crippen molar-refractivity contribution in [2.24, 2.45) is 0 Å². The fraction of sp³-hybridized carbons (Fsp3) is 0.262. The standard InChI is InChI=1S/C42H43F3NO8P/c43-42(44,45)37-14-7-13-32(27-37)23-26-55(49,50)41(24-8-25-47,54-31-36-17-21-39(22-18-36)52-29-34-11-5-2-6-12-34)46-40(48)53-30-35-15-19-38(20-16-35)51-28-33-9-3-1-4-10-33/h1-7,9-22,27,47H,8,23-26,28-31H2,(H,46,48)(H,49,50). The molecule has 290 valence electrons. The van der Waals surface area contributed by atoms with E-state index < -0.39 is 43.4 Å². The van der Waals surface area contributed by atoms with Crippen LogP contribution in [0.2, 0.25) is 0 Å². The number of amides is 1. The van der Waals surface area contributed by atoms with Gasteiger partial charge in [-0.05, 0) is 71.0 Å². The number of aliphatic hydroxyl groups excluding tert-OH is 1. The smallest absolute Gasteiger partial charge is 0.416 e. The van der Waals surface area contributed by atoms with Crippen LogP contribution in [0.5, 0.6) is 11.5 Å². The highest BCUT2D eigenvalue weighted by atomic mass is 31.2. The number of hydrogen-bond donors (Lipinski definition) is 3. The molecule has 55 heavy (non-hydrogen) atoms. The number of rotatable bonds is 19. The second-order valence-corrected chi connectivity index (χ2v) is 15.4. The summed E-state index contributed by atoms with van der Waals surface area (Å²) >= 11 is 0. The summed E-state index contributed by atoms with van der Waals surface area (Å²) in [5, 5.41) is 12.2. The molecule has 0 aliphatic rings. The molecular formula is C42H43F3NO8P. The number of aliphatic hydroxyl groups is 1. The summed E-state index contributed by atoms with van der Waals surface area (Å²) in [6, 6.07) is 37.4. The first-order valence-corrected chi connectivity index (χ1v) is 19.5. The molecule has 0 saturated carbocycles. The minimum atomic E-state index is -4.63. The Morgan fingerprint density at radius 3 is 1.69 bits per heavy atom. The van der Waals surface area contributed by atoms with E-state index in [0.717, 1.165) is 23.3 Å². The van der Waals surface area contributed by atoms with Gasteiger partial charge in [-0.1, -0.05) is 103 Å². The zero-order chi connectivity index (χ0) is 39.2. The average Bonchev–Trinajstić information content (AvgIpc) is 3.20. The largest absolute Gasteiger partial charge is 0.489 e. The van der Waals surface area contributed by atoms with Crippen molar-refractivity contribution >= 4 is 13.5 Å². The molecule has 0 spiro atoms. The van der Waals surface area contributed by atoms with E-state index in [-0.39, 0.29) is 38.0 Å². The van der Waals surface area contributed by atoms with Gasteiger partial charge in [0.15, 0.2) is 0 Å². The normalized spacial score (nSPS) is 13.6. The Bertz CT molecular complexity index is 1980. The molecule has 2 atom stereocenters. The second kappa shape index (κ2) is 19.5. The molecule has 0 saturated heterocycles. The molecule has 5 aromatic rings. The summed E-state index contributed by atoms with van der Waals surface area (Å²) in [6.07, 6.45) is -6.80. The fourth-order valence-electron chi connectivity index (χ4n) is 5.61. The molecule has 13 heteroatoms.